The summed E-state index contributed by atoms with van der Waals surface area (Å²) in [6, 6.07) is 3.26. The number of carboxylic acids is 1. The first kappa shape index (κ1) is 14.7. The van der Waals surface area contributed by atoms with E-state index in [0.717, 1.165) is 16.8 Å². The van der Waals surface area contributed by atoms with Gasteiger partial charge in [-0.25, -0.2) is 13.9 Å². The summed E-state index contributed by atoms with van der Waals surface area (Å²) < 4.78 is 14.4. The van der Waals surface area contributed by atoms with Crippen LogP contribution in [0.1, 0.15) is 27.0 Å². The van der Waals surface area contributed by atoms with Crippen molar-refractivity contribution in [2.45, 2.75) is 20.4 Å². The average Bonchev–Trinajstić information content (AvgIpc) is 2.41. The number of aromatic nitrogens is 2. The molecule has 21 heavy (non-hydrogen) atoms. The third kappa shape index (κ3) is 2.91. The van der Waals surface area contributed by atoms with Crippen LogP contribution in [0.5, 0.6) is 0 Å². The number of hydrogen-bond donors (Lipinski definition) is 2. The van der Waals surface area contributed by atoms with E-state index in [2.05, 4.69) is 5.10 Å². The van der Waals surface area contributed by atoms with Gasteiger partial charge >= 0.3 is 5.97 Å². The van der Waals surface area contributed by atoms with Crippen LogP contribution >= 0.6 is 0 Å². The standard InChI is InChI=1S/C14H13FN2O4/c1-7-8(2)13(19)17(16-12(7)18)6-9-3-10(14(20)21)5-11(15)4-9/h3-5H,6H2,1-2H3,(H,16,18)(H,20,21). The zero-order valence-electron chi connectivity index (χ0n) is 11.4. The smallest absolute Gasteiger partial charge is 0.335 e. The Morgan fingerprint density at radius 1 is 1.24 bits per heavy atom. The molecular formula is C14H13FN2O4. The van der Waals surface area contributed by atoms with Crippen molar-refractivity contribution in [2.75, 3.05) is 0 Å². The predicted octanol–water partition coefficient (Wildman–Crippen LogP) is 1.04. The zero-order chi connectivity index (χ0) is 15.7. The molecule has 0 bridgehead atoms. The number of hydrogen-bond acceptors (Lipinski definition) is 3. The third-order valence-corrected chi connectivity index (χ3v) is 3.25. The van der Waals surface area contributed by atoms with Gasteiger partial charge < -0.3 is 5.11 Å². The number of aromatic amines is 1. The molecule has 0 spiro atoms. The number of carbonyl (C=O) groups is 1. The molecule has 0 atom stereocenters. The van der Waals surface area contributed by atoms with E-state index in [1.165, 1.54) is 19.9 Å². The fourth-order valence-corrected chi connectivity index (χ4v) is 1.95. The van der Waals surface area contributed by atoms with Crippen molar-refractivity contribution in [3.05, 3.63) is 67.0 Å². The number of carboxylic acid groups (broad SMARTS) is 1. The monoisotopic (exact) mass is 292 g/mol. The van der Waals surface area contributed by atoms with E-state index in [4.69, 9.17) is 5.11 Å². The number of benzene rings is 1. The van der Waals surface area contributed by atoms with Crippen molar-refractivity contribution in [3.63, 3.8) is 0 Å². The lowest BCUT2D eigenvalue weighted by Gasteiger charge is -2.09. The molecule has 2 N–H and O–H groups in total. The van der Waals surface area contributed by atoms with Gasteiger partial charge in [0, 0.05) is 11.1 Å². The molecule has 0 fully saturated rings. The molecule has 1 aromatic heterocycles. The molecule has 1 aromatic carbocycles. The number of rotatable bonds is 3. The maximum Gasteiger partial charge on any atom is 0.335 e. The van der Waals surface area contributed by atoms with Gasteiger partial charge in [0.2, 0.25) is 0 Å². The van der Waals surface area contributed by atoms with Crippen LogP contribution in [-0.4, -0.2) is 20.9 Å². The first-order valence-electron chi connectivity index (χ1n) is 6.12. The van der Waals surface area contributed by atoms with Crippen molar-refractivity contribution in [1.29, 1.82) is 0 Å². The molecule has 0 saturated carbocycles. The summed E-state index contributed by atoms with van der Waals surface area (Å²) in [6.45, 7) is 2.94. The van der Waals surface area contributed by atoms with Crippen molar-refractivity contribution in [2.24, 2.45) is 0 Å². The van der Waals surface area contributed by atoms with Crippen molar-refractivity contribution >= 4 is 5.97 Å². The minimum Gasteiger partial charge on any atom is -0.478 e. The number of aromatic carboxylic acids is 1. The van der Waals surface area contributed by atoms with Crippen LogP contribution in [0, 0.1) is 19.7 Å². The lowest BCUT2D eigenvalue weighted by Crippen LogP contribution is -2.33. The molecule has 2 aromatic rings. The maximum absolute atomic E-state index is 13.4. The minimum atomic E-state index is -1.27. The number of H-pyrrole nitrogens is 1. The maximum atomic E-state index is 13.4. The van der Waals surface area contributed by atoms with Crippen LogP contribution in [0.3, 0.4) is 0 Å². The molecule has 1 heterocycles. The van der Waals surface area contributed by atoms with Gasteiger partial charge in [0.05, 0.1) is 12.1 Å². The van der Waals surface area contributed by atoms with Crippen LogP contribution in [-0.2, 0) is 6.54 Å². The molecule has 0 aliphatic carbocycles. The Labute approximate surface area is 118 Å². The Hall–Kier alpha value is -2.70. The molecule has 0 aliphatic rings. The van der Waals surface area contributed by atoms with E-state index in [1.807, 2.05) is 0 Å². The SMILES string of the molecule is Cc1c(C)c(=O)n(Cc2cc(F)cc(C(=O)O)c2)[nH]c1=O. The van der Waals surface area contributed by atoms with E-state index in [0.29, 0.717) is 11.1 Å². The normalized spacial score (nSPS) is 10.6. The Balaban J connectivity index is 2.51. The van der Waals surface area contributed by atoms with Crippen LogP contribution in [0.25, 0.3) is 0 Å². The molecular weight excluding hydrogens is 279 g/mol. The molecule has 0 unspecified atom stereocenters. The first-order valence-corrected chi connectivity index (χ1v) is 6.12. The van der Waals surface area contributed by atoms with E-state index in [9.17, 15) is 18.8 Å². The van der Waals surface area contributed by atoms with E-state index in [-0.39, 0.29) is 17.7 Å². The summed E-state index contributed by atoms with van der Waals surface area (Å²) in [4.78, 5) is 34.6. The van der Waals surface area contributed by atoms with Crippen LogP contribution < -0.4 is 11.1 Å². The van der Waals surface area contributed by atoms with Gasteiger partial charge in [-0.1, -0.05) is 0 Å². The van der Waals surface area contributed by atoms with Gasteiger partial charge in [0.25, 0.3) is 11.1 Å². The summed E-state index contributed by atoms with van der Waals surface area (Å²) in [6.07, 6.45) is 0. The molecule has 2 rings (SSSR count). The lowest BCUT2D eigenvalue weighted by molar-refractivity contribution is 0.0696. The van der Waals surface area contributed by atoms with Crippen LogP contribution in [0.4, 0.5) is 4.39 Å². The van der Waals surface area contributed by atoms with Crippen LogP contribution in [0.15, 0.2) is 27.8 Å². The highest BCUT2D eigenvalue weighted by Gasteiger charge is 2.11. The summed E-state index contributed by atoms with van der Waals surface area (Å²) >= 11 is 0. The summed E-state index contributed by atoms with van der Waals surface area (Å²) in [5.41, 5.74) is -0.150. The second-order valence-corrected chi connectivity index (χ2v) is 4.74. The molecule has 6 nitrogen and oxygen atoms in total. The molecule has 0 aliphatic heterocycles. The summed E-state index contributed by atoms with van der Waals surface area (Å²) in [5, 5.41) is 11.3. The summed E-state index contributed by atoms with van der Waals surface area (Å²) in [7, 11) is 0. The fourth-order valence-electron chi connectivity index (χ4n) is 1.95. The Morgan fingerprint density at radius 2 is 1.90 bits per heavy atom. The zero-order valence-corrected chi connectivity index (χ0v) is 11.4. The Morgan fingerprint density at radius 3 is 2.52 bits per heavy atom. The Kier molecular flexibility index (Phi) is 3.75. The van der Waals surface area contributed by atoms with E-state index >= 15 is 0 Å². The second-order valence-electron chi connectivity index (χ2n) is 4.74. The van der Waals surface area contributed by atoms with Crippen molar-refractivity contribution in [3.8, 4) is 0 Å². The topological polar surface area (TPSA) is 92.2 Å². The number of nitrogens with one attached hydrogen (secondary N) is 1. The number of halogens is 1. The highest BCUT2D eigenvalue weighted by atomic mass is 19.1. The van der Waals surface area contributed by atoms with Crippen molar-refractivity contribution < 1.29 is 14.3 Å². The Bertz CT molecular complexity index is 836. The quantitative estimate of drug-likeness (QED) is 0.884. The number of nitrogens with zero attached hydrogens (tertiary/aromatic N) is 1. The molecule has 0 amide bonds. The molecule has 7 heteroatoms. The van der Waals surface area contributed by atoms with Gasteiger partial charge in [-0.05, 0) is 37.6 Å². The van der Waals surface area contributed by atoms with Gasteiger partial charge in [-0.15, -0.1) is 0 Å². The van der Waals surface area contributed by atoms with Crippen LogP contribution in [0.2, 0.25) is 0 Å². The first-order chi connectivity index (χ1) is 9.79. The van der Waals surface area contributed by atoms with Gasteiger partial charge in [0.15, 0.2) is 0 Å². The predicted molar refractivity (Wildman–Crippen MR) is 73.3 cm³/mol. The third-order valence-electron chi connectivity index (χ3n) is 3.25. The highest BCUT2D eigenvalue weighted by Crippen LogP contribution is 2.10. The molecule has 0 radical (unpaired) electrons. The largest absolute Gasteiger partial charge is 0.478 e. The van der Waals surface area contributed by atoms with Gasteiger partial charge in [0.1, 0.15) is 5.82 Å². The fraction of sp³-hybridized carbons (Fsp3) is 0.214. The molecule has 110 valence electrons. The average molecular weight is 292 g/mol. The van der Waals surface area contributed by atoms with Gasteiger partial charge in [-0.2, -0.15) is 0 Å². The van der Waals surface area contributed by atoms with E-state index in [1.54, 1.807) is 0 Å². The molecule has 0 saturated heterocycles. The van der Waals surface area contributed by atoms with E-state index < -0.39 is 22.9 Å². The summed E-state index contributed by atoms with van der Waals surface area (Å²) in [5.74, 6) is -1.99. The van der Waals surface area contributed by atoms with Gasteiger partial charge in [-0.3, -0.25) is 14.7 Å². The highest BCUT2D eigenvalue weighted by molar-refractivity contribution is 5.87. The van der Waals surface area contributed by atoms with Crippen molar-refractivity contribution in [1.82, 2.24) is 9.78 Å². The second kappa shape index (κ2) is 5.35. The minimum absolute atomic E-state index is 0.118. The lowest BCUT2D eigenvalue weighted by atomic mass is 10.1.